The van der Waals surface area contributed by atoms with Crippen molar-refractivity contribution in [2.24, 2.45) is 11.1 Å². The molecule has 0 N–H and O–H groups in total. The van der Waals surface area contributed by atoms with Crippen LogP contribution >= 0.6 is 34.8 Å². The molecule has 0 spiro atoms. The number of hydrogen-bond acceptors (Lipinski definition) is 2. The molecule has 2 rings (SSSR count). The number of fused-ring (bicyclic) bond motifs is 1. The molecule has 1 fully saturated rings. The maximum Gasteiger partial charge on any atom is 0.136 e. The van der Waals surface area contributed by atoms with Crippen molar-refractivity contribution < 1.29 is 4.84 Å². The van der Waals surface area contributed by atoms with Gasteiger partial charge in [-0.15, -0.1) is 0 Å². The summed E-state index contributed by atoms with van der Waals surface area (Å²) in [5, 5.41) is 4.23. The van der Waals surface area contributed by atoms with E-state index in [-0.39, 0.29) is 10.6 Å². The van der Waals surface area contributed by atoms with Crippen molar-refractivity contribution in [2.75, 3.05) is 0 Å². The molecule has 0 radical (unpaired) electrons. The van der Waals surface area contributed by atoms with Gasteiger partial charge in [-0.2, -0.15) is 0 Å². The largest absolute Gasteiger partial charge is 0.392 e. The zero-order valence-electron chi connectivity index (χ0n) is 6.77. The van der Waals surface area contributed by atoms with Gasteiger partial charge in [0.1, 0.15) is 16.3 Å². The number of halogens is 3. The van der Waals surface area contributed by atoms with Crippen LogP contribution in [0.4, 0.5) is 0 Å². The van der Waals surface area contributed by atoms with E-state index in [2.05, 4.69) is 5.16 Å². The van der Waals surface area contributed by atoms with Crippen molar-refractivity contribution in [1.82, 2.24) is 0 Å². The standard InChI is InChI=1S/C8H8Cl3NO/c9-6(8(10)11)7-4-2-1-3-5(4)13-12-7/h4-5H,1-3H2. The van der Waals surface area contributed by atoms with Crippen LogP contribution in [0.3, 0.4) is 0 Å². The summed E-state index contributed by atoms with van der Waals surface area (Å²) in [6, 6.07) is 0. The predicted molar refractivity (Wildman–Crippen MR) is 54.2 cm³/mol. The molecule has 0 bridgehead atoms. The predicted octanol–water partition coefficient (Wildman–Crippen LogP) is 3.43. The zero-order valence-corrected chi connectivity index (χ0v) is 9.03. The van der Waals surface area contributed by atoms with E-state index in [9.17, 15) is 0 Å². The van der Waals surface area contributed by atoms with Crippen molar-refractivity contribution in [1.29, 1.82) is 0 Å². The lowest BCUT2D eigenvalue weighted by atomic mass is 10.0. The van der Waals surface area contributed by atoms with E-state index >= 15 is 0 Å². The Balaban J connectivity index is 2.22. The van der Waals surface area contributed by atoms with E-state index in [1.54, 1.807) is 0 Å². The third kappa shape index (κ3) is 1.67. The van der Waals surface area contributed by atoms with E-state index in [0.717, 1.165) is 19.3 Å². The molecule has 5 heteroatoms. The number of hydrogen-bond donors (Lipinski definition) is 0. The second-order valence-corrected chi connectivity index (χ2v) is 4.56. The minimum absolute atomic E-state index is 0.0663. The topological polar surface area (TPSA) is 21.6 Å². The summed E-state index contributed by atoms with van der Waals surface area (Å²) in [6.07, 6.45) is 3.44. The smallest absolute Gasteiger partial charge is 0.136 e. The van der Waals surface area contributed by atoms with Crippen LogP contribution in [0.25, 0.3) is 0 Å². The molecule has 0 aromatic heterocycles. The zero-order chi connectivity index (χ0) is 9.42. The van der Waals surface area contributed by atoms with Gasteiger partial charge in [0.05, 0.1) is 5.03 Å². The molecule has 0 aromatic rings. The maximum atomic E-state index is 5.89. The van der Waals surface area contributed by atoms with Crippen LogP contribution in [0.2, 0.25) is 0 Å². The van der Waals surface area contributed by atoms with E-state index in [1.165, 1.54) is 0 Å². The number of rotatable bonds is 1. The minimum atomic E-state index is 0.0663. The molecule has 1 saturated carbocycles. The Kier molecular flexibility index (Phi) is 2.72. The van der Waals surface area contributed by atoms with Gasteiger partial charge in [0, 0.05) is 5.92 Å². The number of allylic oxidation sites excluding steroid dienone is 1. The average Bonchev–Trinajstić information content (AvgIpc) is 2.61. The fourth-order valence-corrected chi connectivity index (χ4v) is 2.23. The van der Waals surface area contributed by atoms with Crippen molar-refractivity contribution >= 4 is 40.5 Å². The molecule has 72 valence electrons. The van der Waals surface area contributed by atoms with Crippen molar-refractivity contribution in [2.45, 2.75) is 25.4 Å². The molecule has 1 aliphatic heterocycles. The van der Waals surface area contributed by atoms with Gasteiger partial charge in [-0.05, 0) is 19.3 Å². The fraction of sp³-hybridized carbons (Fsp3) is 0.625. The Hall–Kier alpha value is 0.0800. The van der Waals surface area contributed by atoms with E-state index in [0.29, 0.717) is 16.7 Å². The van der Waals surface area contributed by atoms with Crippen LogP contribution in [0.15, 0.2) is 14.7 Å². The molecule has 2 unspecified atom stereocenters. The molecule has 2 nitrogen and oxygen atoms in total. The molecule has 0 saturated heterocycles. The molecular formula is C8H8Cl3NO. The third-order valence-corrected chi connectivity index (χ3v) is 3.44. The highest BCUT2D eigenvalue weighted by Gasteiger charge is 2.39. The van der Waals surface area contributed by atoms with Gasteiger partial charge in [-0.1, -0.05) is 40.0 Å². The van der Waals surface area contributed by atoms with Crippen molar-refractivity contribution in [3.8, 4) is 0 Å². The van der Waals surface area contributed by atoms with Gasteiger partial charge in [0.15, 0.2) is 0 Å². The second kappa shape index (κ2) is 3.68. The summed E-state index contributed by atoms with van der Waals surface area (Å²) in [5.41, 5.74) is 0.712. The van der Waals surface area contributed by atoms with Crippen LogP contribution in [0.1, 0.15) is 19.3 Å². The van der Waals surface area contributed by atoms with Gasteiger partial charge in [-0.3, -0.25) is 0 Å². The van der Waals surface area contributed by atoms with Crippen molar-refractivity contribution in [3.63, 3.8) is 0 Å². The normalized spacial score (nSPS) is 30.8. The lowest BCUT2D eigenvalue weighted by Crippen LogP contribution is -2.17. The number of oxime groups is 1. The monoisotopic (exact) mass is 239 g/mol. The van der Waals surface area contributed by atoms with Gasteiger partial charge in [0.25, 0.3) is 0 Å². The summed E-state index contributed by atoms with van der Waals surface area (Å²) in [5.74, 6) is 0.292. The Morgan fingerprint density at radius 2 is 2.08 bits per heavy atom. The summed E-state index contributed by atoms with van der Waals surface area (Å²) >= 11 is 17.0. The third-order valence-electron chi connectivity index (χ3n) is 2.48. The SMILES string of the molecule is ClC(Cl)=C(Cl)C1=NOC2CCCC12. The maximum absolute atomic E-state index is 5.89. The molecule has 0 amide bonds. The van der Waals surface area contributed by atoms with Crippen LogP contribution in [0.5, 0.6) is 0 Å². The summed E-state index contributed by atoms with van der Waals surface area (Å²) in [4.78, 5) is 5.21. The molecule has 13 heavy (non-hydrogen) atoms. The van der Waals surface area contributed by atoms with Crippen molar-refractivity contribution in [3.05, 3.63) is 9.52 Å². The highest BCUT2D eigenvalue weighted by Crippen LogP contribution is 2.38. The first-order valence-corrected chi connectivity index (χ1v) is 5.28. The van der Waals surface area contributed by atoms with Gasteiger partial charge in [0.2, 0.25) is 0 Å². The Morgan fingerprint density at radius 1 is 1.31 bits per heavy atom. The summed E-state index contributed by atoms with van der Waals surface area (Å²) in [7, 11) is 0. The van der Waals surface area contributed by atoms with E-state index in [1.807, 2.05) is 0 Å². The van der Waals surface area contributed by atoms with Gasteiger partial charge >= 0.3 is 0 Å². The lowest BCUT2D eigenvalue weighted by molar-refractivity contribution is 0.0746. The summed E-state index contributed by atoms with van der Waals surface area (Å²) < 4.78 is 0.0663. The molecule has 2 atom stereocenters. The quantitative estimate of drug-likeness (QED) is 0.688. The van der Waals surface area contributed by atoms with Crippen LogP contribution in [-0.2, 0) is 4.84 Å². The van der Waals surface area contributed by atoms with Crippen LogP contribution in [-0.4, -0.2) is 11.8 Å². The number of nitrogens with zero attached hydrogens (tertiary/aromatic N) is 1. The van der Waals surface area contributed by atoms with E-state index in [4.69, 9.17) is 39.6 Å². The minimum Gasteiger partial charge on any atom is -0.392 e. The lowest BCUT2D eigenvalue weighted by Gasteiger charge is -2.07. The Morgan fingerprint density at radius 3 is 2.77 bits per heavy atom. The second-order valence-electron chi connectivity index (χ2n) is 3.23. The molecule has 0 aromatic carbocycles. The van der Waals surface area contributed by atoms with E-state index < -0.39 is 0 Å². The molecular weight excluding hydrogens is 232 g/mol. The summed E-state index contributed by atoms with van der Waals surface area (Å²) in [6.45, 7) is 0. The highest BCUT2D eigenvalue weighted by atomic mass is 35.5. The molecule has 1 aliphatic carbocycles. The van der Waals surface area contributed by atoms with Gasteiger partial charge in [-0.25, -0.2) is 0 Å². The highest BCUT2D eigenvalue weighted by molar-refractivity contribution is 6.63. The average molecular weight is 241 g/mol. The first kappa shape index (κ1) is 9.63. The fourth-order valence-electron chi connectivity index (χ4n) is 1.86. The van der Waals surface area contributed by atoms with Crippen LogP contribution in [0, 0.1) is 5.92 Å². The van der Waals surface area contributed by atoms with Gasteiger partial charge < -0.3 is 4.84 Å². The van der Waals surface area contributed by atoms with Crippen LogP contribution < -0.4 is 0 Å². The Labute approximate surface area is 91.5 Å². The first-order valence-electron chi connectivity index (χ1n) is 4.15. The Bertz CT molecular complexity index is 283. The molecule has 1 heterocycles. The molecule has 2 aliphatic rings. The first-order chi connectivity index (χ1) is 6.20.